The summed E-state index contributed by atoms with van der Waals surface area (Å²) in [4.78, 5) is 21.7. The third-order valence-corrected chi connectivity index (χ3v) is 6.31. The summed E-state index contributed by atoms with van der Waals surface area (Å²) in [6.07, 6.45) is 0. The van der Waals surface area contributed by atoms with Gasteiger partial charge in [-0.15, -0.1) is 11.3 Å². The van der Waals surface area contributed by atoms with Gasteiger partial charge in [0.15, 0.2) is 0 Å². The molecule has 0 radical (unpaired) electrons. The van der Waals surface area contributed by atoms with Crippen LogP contribution in [0.15, 0.2) is 46.5 Å². The molecule has 27 heavy (non-hydrogen) atoms. The van der Waals surface area contributed by atoms with Crippen LogP contribution in [0.3, 0.4) is 0 Å². The van der Waals surface area contributed by atoms with Gasteiger partial charge in [0.25, 0.3) is 5.91 Å². The molecule has 0 saturated carbocycles. The van der Waals surface area contributed by atoms with Crippen molar-refractivity contribution in [3.63, 3.8) is 0 Å². The zero-order chi connectivity index (χ0) is 18.6. The average molecular weight is 400 g/mol. The Morgan fingerprint density at radius 1 is 1.19 bits per heavy atom. The molecule has 0 unspecified atom stereocenters. The molecule has 1 amide bonds. The van der Waals surface area contributed by atoms with E-state index < -0.39 is 0 Å². The summed E-state index contributed by atoms with van der Waals surface area (Å²) in [5.41, 5.74) is 2.99. The first-order valence-electron chi connectivity index (χ1n) is 8.85. The predicted octanol–water partition coefficient (Wildman–Crippen LogP) is 3.84. The Morgan fingerprint density at radius 3 is 2.78 bits per heavy atom. The number of hydrogen-bond donors (Lipinski definition) is 0. The molecule has 3 heterocycles. The quantitative estimate of drug-likeness (QED) is 0.654. The fourth-order valence-electron chi connectivity index (χ4n) is 3.18. The fourth-order valence-corrected chi connectivity index (χ4v) is 4.70. The maximum absolute atomic E-state index is 12.7. The molecule has 1 aliphatic rings. The molecule has 0 N–H and O–H groups in total. The van der Waals surface area contributed by atoms with E-state index >= 15 is 0 Å². The molecular formula is C20H21N3O2S2. The van der Waals surface area contributed by atoms with Crippen LogP contribution in [0.5, 0.6) is 5.75 Å². The zero-order valence-electron chi connectivity index (χ0n) is 15.1. The minimum atomic E-state index is 0.0713. The van der Waals surface area contributed by atoms with Crippen LogP contribution >= 0.6 is 22.7 Å². The number of benzene rings is 1. The lowest BCUT2D eigenvalue weighted by Gasteiger charge is -2.34. The normalized spacial score (nSPS) is 15.1. The molecule has 0 spiro atoms. The van der Waals surface area contributed by atoms with Crippen LogP contribution in [-0.2, 0) is 6.54 Å². The Bertz CT molecular complexity index is 900. The van der Waals surface area contributed by atoms with Gasteiger partial charge < -0.3 is 9.64 Å². The summed E-state index contributed by atoms with van der Waals surface area (Å²) < 4.78 is 5.22. The number of carbonyl (C=O) groups excluding carboxylic acids is 1. The molecule has 7 heteroatoms. The van der Waals surface area contributed by atoms with Crippen LogP contribution in [0.2, 0.25) is 0 Å². The number of aromatic nitrogens is 1. The van der Waals surface area contributed by atoms with Crippen molar-refractivity contribution in [2.45, 2.75) is 6.54 Å². The second-order valence-electron chi connectivity index (χ2n) is 6.46. The number of piperazine rings is 1. The summed E-state index contributed by atoms with van der Waals surface area (Å²) in [5.74, 6) is 0.784. The van der Waals surface area contributed by atoms with Crippen LogP contribution < -0.4 is 4.74 Å². The Kier molecular flexibility index (Phi) is 5.52. The van der Waals surface area contributed by atoms with E-state index in [0.29, 0.717) is 11.3 Å². The number of ether oxygens (including phenoxy) is 1. The first-order valence-corrected chi connectivity index (χ1v) is 10.7. The highest BCUT2D eigenvalue weighted by Crippen LogP contribution is 2.26. The topological polar surface area (TPSA) is 45.7 Å². The van der Waals surface area contributed by atoms with Crippen LogP contribution in [0.1, 0.15) is 16.1 Å². The van der Waals surface area contributed by atoms with Gasteiger partial charge in [-0.25, -0.2) is 4.98 Å². The van der Waals surface area contributed by atoms with Gasteiger partial charge in [0.2, 0.25) is 0 Å². The highest BCUT2D eigenvalue weighted by molar-refractivity contribution is 7.14. The van der Waals surface area contributed by atoms with E-state index in [4.69, 9.17) is 9.72 Å². The number of thiazole rings is 1. The number of amides is 1. The number of hydrogen-bond acceptors (Lipinski definition) is 6. The van der Waals surface area contributed by atoms with E-state index in [1.54, 1.807) is 35.8 Å². The van der Waals surface area contributed by atoms with Gasteiger partial charge in [-0.3, -0.25) is 9.69 Å². The first-order chi connectivity index (χ1) is 13.2. The maximum atomic E-state index is 12.7. The number of rotatable bonds is 5. The molecule has 1 aliphatic heterocycles. The third-order valence-electron chi connectivity index (χ3n) is 4.68. The van der Waals surface area contributed by atoms with E-state index in [9.17, 15) is 4.79 Å². The van der Waals surface area contributed by atoms with Crippen molar-refractivity contribution >= 4 is 28.6 Å². The Labute approximate surface area is 166 Å². The van der Waals surface area contributed by atoms with Crippen LogP contribution in [-0.4, -0.2) is 54.0 Å². The van der Waals surface area contributed by atoms with Gasteiger partial charge in [-0.05, 0) is 29.6 Å². The summed E-state index contributed by atoms with van der Waals surface area (Å²) in [6.45, 7) is 4.03. The number of thiophene rings is 1. The van der Waals surface area contributed by atoms with Crippen molar-refractivity contribution in [1.29, 1.82) is 0 Å². The molecule has 1 aromatic carbocycles. The molecule has 3 aromatic rings. The summed E-state index contributed by atoms with van der Waals surface area (Å²) in [5, 5.41) is 7.43. The monoisotopic (exact) mass is 399 g/mol. The number of nitrogens with zero attached hydrogens (tertiary/aromatic N) is 3. The van der Waals surface area contributed by atoms with Gasteiger partial charge >= 0.3 is 0 Å². The Hall–Kier alpha value is -2.22. The van der Waals surface area contributed by atoms with Crippen molar-refractivity contribution in [2.24, 2.45) is 0 Å². The van der Waals surface area contributed by atoms with Crippen molar-refractivity contribution < 1.29 is 9.53 Å². The third kappa shape index (κ3) is 4.21. The van der Waals surface area contributed by atoms with Gasteiger partial charge in [0, 0.05) is 54.6 Å². The molecule has 0 atom stereocenters. The molecule has 1 saturated heterocycles. The molecule has 5 nitrogen and oxygen atoms in total. The largest absolute Gasteiger partial charge is 0.497 e. The smallest absolute Gasteiger partial charge is 0.254 e. The van der Waals surface area contributed by atoms with Crippen LogP contribution in [0.25, 0.3) is 10.6 Å². The van der Waals surface area contributed by atoms with Crippen molar-refractivity contribution in [2.75, 3.05) is 33.3 Å². The van der Waals surface area contributed by atoms with Crippen molar-refractivity contribution in [3.05, 3.63) is 57.7 Å². The summed E-state index contributed by atoms with van der Waals surface area (Å²) >= 11 is 3.39. The molecule has 140 valence electrons. The Balaban J connectivity index is 1.33. The number of carbonyl (C=O) groups is 1. The van der Waals surface area contributed by atoms with E-state index in [0.717, 1.165) is 43.4 Å². The minimum absolute atomic E-state index is 0.0713. The second kappa shape index (κ2) is 8.21. The highest BCUT2D eigenvalue weighted by atomic mass is 32.1. The SMILES string of the molecule is COc1cccc(C(=O)N2CCN(Cc3csc(-c4ccsc4)n3)CC2)c1. The number of methoxy groups -OCH3 is 1. The van der Waals surface area contributed by atoms with Gasteiger partial charge in [0.1, 0.15) is 10.8 Å². The highest BCUT2D eigenvalue weighted by Gasteiger charge is 2.23. The average Bonchev–Trinajstić information content (AvgIpc) is 3.40. The van der Waals surface area contributed by atoms with E-state index in [2.05, 4.69) is 27.1 Å². The lowest BCUT2D eigenvalue weighted by molar-refractivity contribution is 0.0627. The standard InChI is InChI=1S/C20H21N3O2S2/c1-25-18-4-2-3-15(11-18)20(24)23-8-6-22(7-9-23)12-17-14-27-19(21-17)16-5-10-26-13-16/h2-5,10-11,13-14H,6-9,12H2,1H3. The zero-order valence-corrected chi connectivity index (χ0v) is 16.8. The van der Waals surface area contributed by atoms with Gasteiger partial charge in [-0.2, -0.15) is 11.3 Å². The lowest BCUT2D eigenvalue weighted by atomic mass is 10.1. The van der Waals surface area contributed by atoms with E-state index in [1.165, 1.54) is 5.56 Å². The molecular weight excluding hydrogens is 378 g/mol. The minimum Gasteiger partial charge on any atom is -0.497 e. The summed E-state index contributed by atoms with van der Waals surface area (Å²) in [6, 6.07) is 9.47. The van der Waals surface area contributed by atoms with E-state index in [-0.39, 0.29) is 5.91 Å². The van der Waals surface area contributed by atoms with Crippen molar-refractivity contribution in [3.8, 4) is 16.3 Å². The molecule has 4 rings (SSSR count). The second-order valence-corrected chi connectivity index (χ2v) is 8.09. The fraction of sp³-hybridized carbons (Fsp3) is 0.300. The van der Waals surface area contributed by atoms with Crippen LogP contribution in [0.4, 0.5) is 0 Å². The molecule has 0 bridgehead atoms. The Morgan fingerprint density at radius 2 is 2.04 bits per heavy atom. The maximum Gasteiger partial charge on any atom is 0.254 e. The van der Waals surface area contributed by atoms with Crippen LogP contribution in [0, 0.1) is 0 Å². The molecule has 2 aromatic heterocycles. The molecule has 0 aliphatic carbocycles. The summed E-state index contributed by atoms with van der Waals surface area (Å²) in [7, 11) is 1.62. The van der Waals surface area contributed by atoms with Crippen molar-refractivity contribution in [1.82, 2.24) is 14.8 Å². The first kappa shape index (κ1) is 18.2. The lowest BCUT2D eigenvalue weighted by Crippen LogP contribution is -2.48. The predicted molar refractivity (Wildman–Crippen MR) is 110 cm³/mol. The van der Waals surface area contributed by atoms with E-state index in [1.807, 2.05) is 23.1 Å². The molecule has 1 fully saturated rings. The van der Waals surface area contributed by atoms with Gasteiger partial charge in [-0.1, -0.05) is 6.07 Å². The van der Waals surface area contributed by atoms with Gasteiger partial charge in [0.05, 0.1) is 12.8 Å².